The summed E-state index contributed by atoms with van der Waals surface area (Å²) in [6, 6.07) is 6.45. The van der Waals surface area contributed by atoms with Crippen LogP contribution in [0, 0.1) is 18.8 Å². The number of ether oxygens (including phenoxy) is 1. The molecule has 2 unspecified atom stereocenters. The Labute approximate surface area is 117 Å². The standard InChI is InChI=1S/C17H27NO/c1-12-4-5-17(15(9-12)6-7-18)19-16-10-13(2)8-14(3)11-16/h4-5,9,13-14,16H,6-8,10-11,18H2,1-3H3. The van der Waals surface area contributed by atoms with Gasteiger partial charge in [0, 0.05) is 0 Å². The van der Waals surface area contributed by atoms with E-state index in [9.17, 15) is 0 Å². The zero-order chi connectivity index (χ0) is 13.8. The molecule has 0 aromatic heterocycles. The first-order chi connectivity index (χ1) is 9.08. The minimum Gasteiger partial charge on any atom is -0.490 e. The molecule has 1 aromatic rings. The van der Waals surface area contributed by atoms with Crippen LogP contribution in [0.5, 0.6) is 5.75 Å². The zero-order valence-electron chi connectivity index (χ0n) is 12.5. The number of hydrogen-bond acceptors (Lipinski definition) is 2. The van der Waals surface area contributed by atoms with Gasteiger partial charge in [0.1, 0.15) is 5.75 Å². The van der Waals surface area contributed by atoms with Gasteiger partial charge in [0.05, 0.1) is 6.10 Å². The highest BCUT2D eigenvalue weighted by atomic mass is 16.5. The molecule has 106 valence electrons. The van der Waals surface area contributed by atoms with Crippen LogP contribution in [-0.4, -0.2) is 12.6 Å². The van der Waals surface area contributed by atoms with Gasteiger partial charge in [-0.2, -0.15) is 0 Å². The smallest absolute Gasteiger partial charge is 0.122 e. The largest absolute Gasteiger partial charge is 0.490 e. The van der Waals surface area contributed by atoms with Crippen LogP contribution < -0.4 is 10.5 Å². The van der Waals surface area contributed by atoms with Crippen molar-refractivity contribution in [3.05, 3.63) is 29.3 Å². The predicted octanol–water partition coefficient (Wildman–Crippen LogP) is 3.70. The van der Waals surface area contributed by atoms with E-state index in [4.69, 9.17) is 10.5 Å². The molecule has 2 atom stereocenters. The number of hydrogen-bond donors (Lipinski definition) is 1. The van der Waals surface area contributed by atoms with E-state index in [1.165, 1.54) is 30.4 Å². The molecule has 2 heteroatoms. The fourth-order valence-electron chi connectivity index (χ4n) is 3.32. The Morgan fingerprint density at radius 1 is 1.16 bits per heavy atom. The third-order valence-corrected chi connectivity index (χ3v) is 4.06. The van der Waals surface area contributed by atoms with Crippen LogP contribution in [0.3, 0.4) is 0 Å². The fraction of sp³-hybridized carbons (Fsp3) is 0.647. The molecule has 19 heavy (non-hydrogen) atoms. The van der Waals surface area contributed by atoms with Gasteiger partial charge in [-0.05, 0) is 62.6 Å². The van der Waals surface area contributed by atoms with Gasteiger partial charge in [-0.15, -0.1) is 0 Å². The lowest BCUT2D eigenvalue weighted by Gasteiger charge is -2.32. The number of rotatable bonds is 4. The highest BCUT2D eigenvalue weighted by Gasteiger charge is 2.25. The van der Waals surface area contributed by atoms with Crippen molar-refractivity contribution in [1.29, 1.82) is 0 Å². The highest BCUT2D eigenvalue weighted by molar-refractivity contribution is 5.37. The second-order valence-electron chi connectivity index (χ2n) is 6.31. The lowest BCUT2D eigenvalue weighted by molar-refractivity contribution is 0.100. The molecule has 2 rings (SSSR count). The molecular formula is C17H27NO. The summed E-state index contributed by atoms with van der Waals surface area (Å²) in [6.45, 7) is 7.47. The van der Waals surface area contributed by atoms with Gasteiger partial charge in [-0.25, -0.2) is 0 Å². The van der Waals surface area contributed by atoms with Crippen LogP contribution in [0.25, 0.3) is 0 Å². The van der Waals surface area contributed by atoms with Crippen molar-refractivity contribution >= 4 is 0 Å². The monoisotopic (exact) mass is 261 g/mol. The van der Waals surface area contributed by atoms with Crippen LogP contribution in [0.15, 0.2) is 18.2 Å². The van der Waals surface area contributed by atoms with Crippen molar-refractivity contribution in [2.75, 3.05) is 6.54 Å². The molecule has 1 aromatic carbocycles. The van der Waals surface area contributed by atoms with Crippen LogP contribution in [0.4, 0.5) is 0 Å². The van der Waals surface area contributed by atoms with Crippen LogP contribution in [-0.2, 0) is 6.42 Å². The third kappa shape index (κ3) is 3.97. The minimum absolute atomic E-state index is 0.373. The van der Waals surface area contributed by atoms with Gasteiger partial charge < -0.3 is 10.5 Å². The molecule has 1 aliphatic rings. The molecule has 0 aliphatic heterocycles. The van der Waals surface area contributed by atoms with Gasteiger partial charge >= 0.3 is 0 Å². The molecule has 2 nitrogen and oxygen atoms in total. The Morgan fingerprint density at radius 3 is 2.47 bits per heavy atom. The van der Waals surface area contributed by atoms with Crippen molar-refractivity contribution in [3.8, 4) is 5.75 Å². The highest BCUT2D eigenvalue weighted by Crippen LogP contribution is 2.32. The van der Waals surface area contributed by atoms with Crippen molar-refractivity contribution in [2.24, 2.45) is 17.6 Å². The Morgan fingerprint density at radius 2 is 1.84 bits per heavy atom. The molecule has 0 spiro atoms. The van der Waals surface area contributed by atoms with E-state index in [0.29, 0.717) is 12.6 Å². The average Bonchev–Trinajstić information content (AvgIpc) is 2.32. The molecule has 1 fully saturated rings. The fourth-order valence-corrected chi connectivity index (χ4v) is 3.32. The molecule has 0 radical (unpaired) electrons. The first-order valence-corrected chi connectivity index (χ1v) is 7.54. The maximum absolute atomic E-state index is 6.28. The van der Waals surface area contributed by atoms with Crippen molar-refractivity contribution < 1.29 is 4.74 Å². The summed E-state index contributed by atoms with van der Waals surface area (Å²) in [5, 5.41) is 0. The topological polar surface area (TPSA) is 35.2 Å². The summed E-state index contributed by atoms with van der Waals surface area (Å²) < 4.78 is 6.28. The predicted molar refractivity (Wildman–Crippen MR) is 80.5 cm³/mol. The maximum Gasteiger partial charge on any atom is 0.122 e. The summed E-state index contributed by atoms with van der Waals surface area (Å²) in [5.74, 6) is 2.59. The van der Waals surface area contributed by atoms with Crippen LogP contribution in [0.2, 0.25) is 0 Å². The molecule has 2 N–H and O–H groups in total. The molecule has 1 saturated carbocycles. The SMILES string of the molecule is Cc1ccc(OC2CC(C)CC(C)C2)c(CCN)c1. The molecule has 0 saturated heterocycles. The Hall–Kier alpha value is -1.02. The van der Waals surface area contributed by atoms with Gasteiger partial charge in [-0.1, -0.05) is 31.5 Å². The summed E-state index contributed by atoms with van der Waals surface area (Å²) >= 11 is 0. The normalized spacial score (nSPS) is 27.3. The van der Waals surface area contributed by atoms with Gasteiger partial charge in [-0.3, -0.25) is 0 Å². The molecule has 0 heterocycles. The second kappa shape index (κ2) is 6.42. The van der Waals surface area contributed by atoms with Gasteiger partial charge in [0.2, 0.25) is 0 Å². The minimum atomic E-state index is 0.373. The summed E-state index contributed by atoms with van der Waals surface area (Å²) in [6.07, 6.45) is 4.97. The average molecular weight is 261 g/mol. The maximum atomic E-state index is 6.28. The van der Waals surface area contributed by atoms with E-state index in [1.54, 1.807) is 0 Å². The summed E-state index contributed by atoms with van der Waals surface area (Å²) in [4.78, 5) is 0. The number of benzene rings is 1. The van der Waals surface area contributed by atoms with Crippen LogP contribution >= 0.6 is 0 Å². The second-order valence-corrected chi connectivity index (χ2v) is 6.31. The van der Waals surface area contributed by atoms with Crippen molar-refractivity contribution in [1.82, 2.24) is 0 Å². The van der Waals surface area contributed by atoms with E-state index in [0.717, 1.165) is 24.0 Å². The summed E-state index contributed by atoms with van der Waals surface area (Å²) in [7, 11) is 0. The molecule has 0 amide bonds. The van der Waals surface area contributed by atoms with E-state index in [1.807, 2.05) is 0 Å². The molecule has 0 bridgehead atoms. The van der Waals surface area contributed by atoms with E-state index >= 15 is 0 Å². The first kappa shape index (κ1) is 14.4. The Kier molecular flexibility index (Phi) is 4.87. The molecular weight excluding hydrogens is 234 g/mol. The van der Waals surface area contributed by atoms with Crippen molar-refractivity contribution in [2.45, 2.75) is 52.6 Å². The van der Waals surface area contributed by atoms with E-state index in [-0.39, 0.29) is 0 Å². The molecule has 1 aliphatic carbocycles. The lowest BCUT2D eigenvalue weighted by Crippen LogP contribution is -2.28. The first-order valence-electron chi connectivity index (χ1n) is 7.54. The Bertz CT molecular complexity index is 406. The van der Waals surface area contributed by atoms with E-state index < -0.39 is 0 Å². The lowest BCUT2D eigenvalue weighted by atomic mass is 9.82. The van der Waals surface area contributed by atoms with Gasteiger partial charge in [0.15, 0.2) is 0 Å². The zero-order valence-corrected chi connectivity index (χ0v) is 12.5. The number of nitrogens with two attached hydrogens (primary N) is 1. The van der Waals surface area contributed by atoms with Crippen molar-refractivity contribution in [3.63, 3.8) is 0 Å². The summed E-state index contributed by atoms with van der Waals surface area (Å²) in [5.41, 5.74) is 8.24. The van der Waals surface area contributed by atoms with Crippen LogP contribution in [0.1, 0.15) is 44.2 Å². The van der Waals surface area contributed by atoms with Gasteiger partial charge in [0.25, 0.3) is 0 Å². The number of aryl methyl sites for hydroxylation is 1. The quantitative estimate of drug-likeness (QED) is 0.897. The van der Waals surface area contributed by atoms with E-state index in [2.05, 4.69) is 39.0 Å². The Balaban J connectivity index is 2.09. The third-order valence-electron chi connectivity index (χ3n) is 4.06.